The maximum Gasteiger partial charge on any atom is 0.296 e. The van der Waals surface area contributed by atoms with Crippen molar-refractivity contribution >= 4 is 36.7 Å². The number of benzene rings is 2. The molecule has 0 saturated heterocycles. The number of hydrogen-bond donors (Lipinski definition) is 4. The number of anilines is 1. The van der Waals surface area contributed by atoms with Gasteiger partial charge in [0.15, 0.2) is 0 Å². The average molecular weight is 333 g/mol. The first-order chi connectivity index (χ1) is 9.55. The minimum atomic E-state index is -4.53. The van der Waals surface area contributed by atoms with Gasteiger partial charge in [0.2, 0.25) is 0 Å². The Balaban J connectivity index is 2.96. The topological polar surface area (TPSA) is 141 Å². The van der Waals surface area contributed by atoms with Gasteiger partial charge in [0.1, 0.15) is 10.6 Å². The standard InChI is InChI=1S/C11H11NO7S2/c1-12-11-9(21(17,18)19)3-2-6-4-7(20(14,15)16)5-8(13)10(6)11/h2-5,12-13H,1H3,(H,14,15,16)(H,17,18,19). The van der Waals surface area contributed by atoms with Gasteiger partial charge in [-0.05, 0) is 17.5 Å². The highest BCUT2D eigenvalue weighted by Gasteiger charge is 2.21. The summed E-state index contributed by atoms with van der Waals surface area (Å²) < 4.78 is 62.9. The Morgan fingerprint density at radius 1 is 1.00 bits per heavy atom. The summed E-state index contributed by atoms with van der Waals surface area (Å²) in [5, 5.41) is 12.6. The molecule has 0 bridgehead atoms. The maximum absolute atomic E-state index is 11.3. The molecule has 8 nitrogen and oxygen atoms in total. The number of aromatic hydroxyl groups is 1. The third-order valence-corrected chi connectivity index (χ3v) is 4.59. The minimum absolute atomic E-state index is 0.0000231. The summed E-state index contributed by atoms with van der Waals surface area (Å²) in [6, 6.07) is 4.11. The molecule has 114 valence electrons. The molecule has 0 aromatic heterocycles. The summed E-state index contributed by atoms with van der Waals surface area (Å²) in [7, 11) is -7.68. The van der Waals surface area contributed by atoms with E-state index in [1.165, 1.54) is 13.1 Å². The first kappa shape index (κ1) is 15.5. The lowest BCUT2D eigenvalue weighted by molar-refractivity contribution is 0.470. The van der Waals surface area contributed by atoms with Crippen molar-refractivity contribution in [2.75, 3.05) is 12.4 Å². The van der Waals surface area contributed by atoms with Crippen LogP contribution in [0.15, 0.2) is 34.1 Å². The first-order valence-corrected chi connectivity index (χ1v) is 8.36. The molecule has 2 aromatic carbocycles. The lowest BCUT2D eigenvalue weighted by atomic mass is 10.1. The highest BCUT2D eigenvalue weighted by atomic mass is 32.2. The largest absolute Gasteiger partial charge is 0.507 e. The number of fused-ring (bicyclic) bond motifs is 1. The molecule has 0 aliphatic carbocycles. The number of rotatable bonds is 3. The quantitative estimate of drug-likeness (QED) is 0.611. The van der Waals surface area contributed by atoms with E-state index >= 15 is 0 Å². The number of phenols is 1. The third kappa shape index (κ3) is 2.78. The Hall–Kier alpha value is -1.88. The number of nitrogens with one attached hydrogen (secondary N) is 1. The van der Waals surface area contributed by atoms with Crippen LogP contribution in [0.3, 0.4) is 0 Å². The second kappa shape index (κ2) is 4.84. The number of phenolic OH excluding ortho intramolecular Hbond substituents is 1. The smallest absolute Gasteiger partial charge is 0.296 e. The fourth-order valence-electron chi connectivity index (χ4n) is 2.01. The second-order valence-electron chi connectivity index (χ2n) is 4.18. The van der Waals surface area contributed by atoms with Crippen molar-refractivity contribution in [3.63, 3.8) is 0 Å². The van der Waals surface area contributed by atoms with Gasteiger partial charge in [-0.2, -0.15) is 16.8 Å². The molecule has 10 heteroatoms. The molecule has 0 unspecified atom stereocenters. The van der Waals surface area contributed by atoms with Gasteiger partial charge >= 0.3 is 0 Å². The van der Waals surface area contributed by atoms with Crippen LogP contribution in [0.25, 0.3) is 10.8 Å². The minimum Gasteiger partial charge on any atom is -0.507 e. The highest BCUT2D eigenvalue weighted by molar-refractivity contribution is 7.86. The predicted octanol–water partition coefficient (Wildman–Crippen LogP) is 1.08. The van der Waals surface area contributed by atoms with Crippen molar-refractivity contribution in [3.8, 4) is 5.75 Å². The van der Waals surface area contributed by atoms with Gasteiger partial charge in [0.05, 0.1) is 10.6 Å². The van der Waals surface area contributed by atoms with E-state index in [0.717, 1.165) is 18.2 Å². The van der Waals surface area contributed by atoms with Gasteiger partial charge < -0.3 is 10.4 Å². The van der Waals surface area contributed by atoms with Crippen LogP contribution in [0.2, 0.25) is 0 Å². The van der Waals surface area contributed by atoms with Crippen LogP contribution in [-0.2, 0) is 20.2 Å². The van der Waals surface area contributed by atoms with E-state index in [1.54, 1.807) is 0 Å². The van der Waals surface area contributed by atoms with Crippen LogP contribution in [-0.4, -0.2) is 38.1 Å². The lowest BCUT2D eigenvalue weighted by Crippen LogP contribution is -2.05. The fraction of sp³-hybridized carbons (Fsp3) is 0.0909. The zero-order chi connectivity index (χ0) is 16.0. The average Bonchev–Trinajstić information content (AvgIpc) is 2.34. The van der Waals surface area contributed by atoms with Gasteiger partial charge in [0.25, 0.3) is 20.2 Å². The molecule has 0 spiro atoms. The van der Waals surface area contributed by atoms with E-state index in [0.29, 0.717) is 0 Å². The monoisotopic (exact) mass is 333 g/mol. The summed E-state index contributed by atoms with van der Waals surface area (Å²) in [6.07, 6.45) is 0. The summed E-state index contributed by atoms with van der Waals surface area (Å²) in [5.74, 6) is -0.560. The van der Waals surface area contributed by atoms with Crippen molar-refractivity contribution in [2.24, 2.45) is 0 Å². The number of hydrogen-bond acceptors (Lipinski definition) is 6. The molecular formula is C11H11NO7S2. The SMILES string of the molecule is CNc1c(S(=O)(=O)O)ccc2cc(S(=O)(=O)O)cc(O)c12. The van der Waals surface area contributed by atoms with Crippen LogP contribution < -0.4 is 5.32 Å². The van der Waals surface area contributed by atoms with E-state index in [1.807, 2.05) is 0 Å². The van der Waals surface area contributed by atoms with Crippen molar-refractivity contribution in [1.29, 1.82) is 0 Å². The summed E-state index contributed by atoms with van der Waals surface area (Å²) in [5.41, 5.74) is -0.0885. The molecule has 0 aliphatic rings. The van der Waals surface area contributed by atoms with E-state index in [2.05, 4.69) is 5.32 Å². The Labute approximate surface area is 120 Å². The van der Waals surface area contributed by atoms with E-state index in [9.17, 15) is 21.9 Å². The first-order valence-electron chi connectivity index (χ1n) is 5.48. The lowest BCUT2D eigenvalue weighted by Gasteiger charge is -2.12. The molecule has 2 aromatic rings. The van der Waals surface area contributed by atoms with Gasteiger partial charge in [-0.15, -0.1) is 0 Å². The Bertz CT molecular complexity index is 933. The zero-order valence-corrected chi connectivity index (χ0v) is 12.2. The molecule has 0 saturated carbocycles. The van der Waals surface area contributed by atoms with E-state index < -0.39 is 35.8 Å². The van der Waals surface area contributed by atoms with Crippen LogP contribution in [0.5, 0.6) is 5.75 Å². The van der Waals surface area contributed by atoms with Crippen molar-refractivity contribution < 1.29 is 31.0 Å². The summed E-state index contributed by atoms with van der Waals surface area (Å²) >= 11 is 0. The molecule has 0 radical (unpaired) electrons. The van der Waals surface area contributed by atoms with Crippen molar-refractivity contribution in [3.05, 3.63) is 24.3 Å². The molecule has 0 heterocycles. The molecule has 0 atom stereocenters. The van der Waals surface area contributed by atoms with Gasteiger partial charge in [-0.3, -0.25) is 9.11 Å². The highest BCUT2D eigenvalue weighted by Crippen LogP contribution is 2.37. The Morgan fingerprint density at radius 3 is 2.10 bits per heavy atom. The van der Waals surface area contributed by atoms with E-state index in [4.69, 9.17) is 9.11 Å². The van der Waals surface area contributed by atoms with Crippen LogP contribution >= 0.6 is 0 Å². The fourth-order valence-corrected chi connectivity index (χ4v) is 3.25. The summed E-state index contributed by atoms with van der Waals surface area (Å²) in [6.45, 7) is 0. The molecule has 0 amide bonds. The molecule has 0 aliphatic heterocycles. The summed E-state index contributed by atoms with van der Waals surface area (Å²) in [4.78, 5) is -0.999. The van der Waals surface area contributed by atoms with Gasteiger partial charge in [-0.25, -0.2) is 0 Å². The molecule has 0 fully saturated rings. The van der Waals surface area contributed by atoms with Crippen molar-refractivity contribution in [1.82, 2.24) is 0 Å². The van der Waals surface area contributed by atoms with Crippen LogP contribution in [0, 0.1) is 0 Å². The van der Waals surface area contributed by atoms with Crippen molar-refractivity contribution in [2.45, 2.75) is 9.79 Å². The maximum atomic E-state index is 11.3. The Kier molecular flexibility index (Phi) is 3.58. The van der Waals surface area contributed by atoms with Gasteiger partial charge in [0, 0.05) is 18.5 Å². The predicted molar refractivity (Wildman–Crippen MR) is 74.8 cm³/mol. The van der Waals surface area contributed by atoms with Gasteiger partial charge in [-0.1, -0.05) is 6.07 Å². The van der Waals surface area contributed by atoms with Crippen LogP contribution in [0.1, 0.15) is 0 Å². The normalized spacial score (nSPS) is 12.5. The second-order valence-corrected chi connectivity index (χ2v) is 6.99. The third-order valence-electron chi connectivity index (χ3n) is 2.86. The van der Waals surface area contributed by atoms with E-state index in [-0.39, 0.29) is 16.5 Å². The Morgan fingerprint density at radius 2 is 1.62 bits per heavy atom. The van der Waals surface area contributed by atoms with Crippen LogP contribution in [0.4, 0.5) is 5.69 Å². The molecular weight excluding hydrogens is 322 g/mol. The molecule has 21 heavy (non-hydrogen) atoms. The zero-order valence-electron chi connectivity index (χ0n) is 10.6. The molecule has 2 rings (SSSR count). The molecule has 4 N–H and O–H groups in total.